The fourth-order valence-corrected chi connectivity index (χ4v) is 1.85. The van der Waals surface area contributed by atoms with Crippen molar-refractivity contribution in [3.8, 4) is 0 Å². The van der Waals surface area contributed by atoms with Gasteiger partial charge in [0.1, 0.15) is 0 Å². The van der Waals surface area contributed by atoms with Crippen LogP contribution in [0.3, 0.4) is 0 Å². The van der Waals surface area contributed by atoms with Crippen LogP contribution in [-0.2, 0) is 9.84 Å². The van der Waals surface area contributed by atoms with Crippen molar-refractivity contribution in [3.63, 3.8) is 0 Å². The smallest absolute Gasteiger partial charge is 0.153 e. The lowest BCUT2D eigenvalue weighted by Gasteiger charge is -2.14. The van der Waals surface area contributed by atoms with Gasteiger partial charge in [-0.3, -0.25) is 0 Å². The van der Waals surface area contributed by atoms with Crippen molar-refractivity contribution in [2.75, 3.05) is 18.9 Å². The van der Waals surface area contributed by atoms with E-state index < -0.39 is 9.84 Å². The largest absolute Gasteiger partial charge is 0.395 e. The maximum absolute atomic E-state index is 11.4. The summed E-state index contributed by atoms with van der Waals surface area (Å²) in [5, 5.41) is 11.5. The van der Waals surface area contributed by atoms with Gasteiger partial charge in [0.05, 0.1) is 17.6 Å². The van der Waals surface area contributed by atoms with Gasteiger partial charge in [0.15, 0.2) is 9.84 Å². The molecule has 0 fully saturated rings. The minimum atomic E-state index is -2.95. The zero-order chi connectivity index (χ0) is 11.2. The standard InChI is InChI=1S/C9H21NO3S/c1-4-9(7-11)10-5-6-14(12,13)8(2)3/h8-11H,4-7H2,1-3H3. The van der Waals surface area contributed by atoms with Gasteiger partial charge in [-0.25, -0.2) is 8.42 Å². The summed E-state index contributed by atoms with van der Waals surface area (Å²) in [7, 11) is -2.95. The minimum absolute atomic E-state index is 0.0114. The third-order valence-corrected chi connectivity index (χ3v) is 4.46. The monoisotopic (exact) mass is 223 g/mol. The second-order valence-corrected chi connectivity index (χ2v) is 6.33. The summed E-state index contributed by atoms with van der Waals surface area (Å²) in [4.78, 5) is 0. The van der Waals surface area contributed by atoms with Crippen LogP contribution < -0.4 is 5.32 Å². The summed E-state index contributed by atoms with van der Waals surface area (Å²) < 4.78 is 22.8. The molecule has 0 amide bonds. The van der Waals surface area contributed by atoms with Gasteiger partial charge in [-0.1, -0.05) is 6.92 Å². The highest BCUT2D eigenvalue weighted by Gasteiger charge is 2.15. The lowest BCUT2D eigenvalue weighted by molar-refractivity contribution is 0.241. The summed E-state index contributed by atoms with van der Waals surface area (Å²) in [6.07, 6.45) is 0.804. The molecule has 0 aromatic rings. The van der Waals surface area contributed by atoms with Crippen LogP contribution >= 0.6 is 0 Å². The predicted octanol–water partition coefficient (Wildman–Crippen LogP) is 0.170. The van der Waals surface area contributed by atoms with Crippen molar-refractivity contribution in [1.29, 1.82) is 0 Å². The molecule has 14 heavy (non-hydrogen) atoms. The molecule has 0 saturated carbocycles. The van der Waals surface area contributed by atoms with Crippen LogP contribution in [0, 0.1) is 0 Å². The van der Waals surface area contributed by atoms with E-state index in [0.29, 0.717) is 6.54 Å². The molecule has 0 aliphatic heterocycles. The van der Waals surface area contributed by atoms with Gasteiger partial charge in [-0.2, -0.15) is 0 Å². The van der Waals surface area contributed by atoms with E-state index in [2.05, 4.69) is 5.32 Å². The van der Waals surface area contributed by atoms with E-state index in [1.54, 1.807) is 13.8 Å². The Morgan fingerprint density at radius 3 is 2.29 bits per heavy atom. The number of nitrogens with one attached hydrogen (secondary N) is 1. The quantitative estimate of drug-likeness (QED) is 0.646. The average Bonchev–Trinajstić information content (AvgIpc) is 2.12. The molecule has 0 aromatic carbocycles. The number of hydrogen-bond donors (Lipinski definition) is 2. The first kappa shape index (κ1) is 13.9. The van der Waals surface area contributed by atoms with Gasteiger partial charge >= 0.3 is 0 Å². The van der Waals surface area contributed by atoms with Crippen LogP contribution in [0.1, 0.15) is 27.2 Å². The molecule has 0 radical (unpaired) electrons. The van der Waals surface area contributed by atoms with E-state index in [1.165, 1.54) is 0 Å². The Morgan fingerprint density at radius 1 is 1.36 bits per heavy atom. The fourth-order valence-electron chi connectivity index (χ4n) is 0.979. The van der Waals surface area contributed by atoms with Gasteiger partial charge in [0.25, 0.3) is 0 Å². The first-order valence-electron chi connectivity index (χ1n) is 4.99. The maximum Gasteiger partial charge on any atom is 0.153 e. The molecule has 0 bridgehead atoms. The molecule has 0 aliphatic carbocycles. The SMILES string of the molecule is CCC(CO)NCCS(=O)(=O)C(C)C. The Labute approximate surface area is 86.6 Å². The maximum atomic E-state index is 11.4. The minimum Gasteiger partial charge on any atom is -0.395 e. The Bertz CT molecular complexity index is 232. The zero-order valence-corrected chi connectivity index (χ0v) is 9.97. The molecule has 0 saturated heterocycles. The van der Waals surface area contributed by atoms with Gasteiger partial charge in [0.2, 0.25) is 0 Å². The molecule has 0 aliphatic rings. The first-order chi connectivity index (χ1) is 6.44. The Balaban J connectivity index is 3.85. The van der Waals surface area contributed by atoms with Crippen molar-refractivity contribution < 1.29 is 13.5 Å². The topological polar surface area (TPSA) is 66.4 Å². The molecule has 0 spiro atoms. The van der Waals surface area contributed by atoms with Gasteiger partial charge < -0.3 is 10.4 Å². The summed E-state index contributed by atoms with van der Waals surface area (Å²) in [5.74, 6) is 0.140. The Morgan fingerprint density at radius 2 is 1.93 bits per heavy atom. The van der Waals surface area contributed by atoms with E-state index in [4.69, 9.17) is 5.11 Å². The molecular formula is C9H21NO3S. The first-order valence-corrected chi connectivity index (χ1v) is 6.71. The molecule has 4 nitrogen and oxygen atoms in total. The van der Waals surface area contributed by atoms with Crippen LogP contribution in [0.5, 0.6) is 0 Å². The number of aliphatic hydroxyl groups is 1. The van der Waals surface area contributed by atoms with E-state index >= 15 is 0 Å². The van der Waals surface area contributed by atoms with Crippen molar-refractivity contribution in [1.82, 2.24) is 5.32 Å². The number of sulfone groups is 1. The summed E-state index contributed by atoms with van der Waals surface area (Å²) in [6, 6.07) is 0.0114. The van der Waals surface area contributed by atoms with Crippen LogP contribution in [0.4, 0.5) is 0 Å². The van der Waals surface area contributed by atoms with Gasteiger partial charge in [0, 0.05) is 12.6 Å². The highest BCUT2D eigenvalue weighted by Crippen LogP contribution is 1.99. The molecule has 1 unspecified atom stereocenters. The second-order valence-electron chi connectivity index (χ2n) is 3.66. The summed E-state index contributed by atoms with van der Waals surface area (Å²) >= 11 is 0. The fraction of sp³-hybridized carbons (Fsp3) is 1.00. The average molecular weight is 223 g/mol. The molecule has 2 N–H and O–H groups in total. The summed E-state index contributed by atoms with van der Waals surface area (Å²) in [6.45, 7) is 5.78. The van der Waals surface area contributed by atoms with Crippen molar-refractivity contribution in [3.05, 3.63) is 0 Å². The van der Waals surface area contributed by atoms with Crippen molar-refractivity contribution >= 4 is 9.84 Å². The summed E-state index contributed by atoms with van der Waals surface area (Å²) in [5.41, 5.74) is 0. The van der Waals surface area contributed by atoms with Crippen LogP contribution in [0.25, 0.3) is 0 Å². The lowest BCUT2D eigenvalue weighted by Crippen LogP contribution is -2.36. The highest BCUT2D eigenvalue weighted by molar-refractivity contribution is 7.92. The highest BCUT2D eigenvalue weighted by atomic mass is 32.2. The van der Waals surface area contributed by atoms with Gasteiger partial charge in [-0.05, 0) is 20.3 Å². The second kappa shape index (κ2) is 6.37. The molecule has 86 valence electrons. The predicted molar refractivity (Wildman–Crippen MR) is 58.1 cm³/mol. The van der Waals surface area contributed by atoms with Crippen LogP contribution in [-0.4, -0.2) is 43.7 Å². The van der Waals surface area contributed by atoms with E-state index in [-0.39, 0.29) is 23.7 Å². The van der Waals surface area contributed by atoms with E-state index in [1.807, 2.05) is 6.92 Å². The molecule has 5 heteroatoms. The van der Waals surface area contributed by atoms with Crippen molar-refractivity contribution in [2.24, 2.45) is 0 Å². The molecule has 1 atom stereocenters. The van der Waals surface area contributed by atoms with Crippen LogP contribution in [0.2, 0.25) is 0 Å². The molecule has 0 aromatic heterocycles. The Hall–Kier alpha value is -0.130. The van der Waals surface area contributed by atoms with E-state index in [9.17, 15) is 8.42 Å². The number of hydrogen-bond acceptors (Lipinski definition) is 4. The lowest BCUT2D eigenvalue weighted by atomic mass is 10.2. The third-order valence-electron chi connectivity index (χ3n) is 2.25. The number of aliphatic hydroxyl groups excluding tert-OH is 1. The number of rotatable bonds is 7. The molecule has 0 rings (SSSR count). The van der Waals surface area contributed by atoms with Crippen molar-refractivity contribution in [2.45, 2.75) is 38.5 Å². The van der Waals surface area contributed by atoms with Crippen LogP contribution in [0.15, 0.2) is 0 Å². The molecule has 0 heterocycles. The molecular weight excluding hydrogens is 202 g/mol. The zero-order valence-electron chi connectivity index (χ0n) is 9.16. The van der Waals surface area contributed by atoms with E-state index in [0.717, 1.165) is 6.42 Å². The Kier molecular flexibility index (Phi) is 6.31. The third kappa shape index (κ3) is 4.93. The van der Waals surface area contributed by atoms with Gasteiger partial charge in [-0.15, -0.1) is 0 Å². The normalized spacial score (nSPS) is 14.6.